The molecule has 0 bridgehead atoms. The largest absolute Gasteiger partial charge is 0.495 e. The van der Waals surface area contributed by atoms with E-state index in [-0.39, 0.29) is 31.2 Å². The summed E-state index contributed by atoms with van der Waals surface area (Å²) in [6.45, 7) is 6.38. The van der Waals surface area contributed by atoms with Crippen LogP contribution in [0.5, 0.6) is 5.75 Å². The zero-order chi connectivity index (χ0) is 25.3. The van der Waals surface area contributed by atoms with Crippen LogP contribution >= 0.6 is 0 Å². The molecule has 0 heterocycles. The van der Waals surface area contributed by atoms with Crippen LogP contribution in [0.25, 0.3) is 0 Å². The first kappa shape index (κ1) is 27.2. The molecule has 1 atom stereocenters. The molecule has 2 rings (SSSR count). The summed E-state index contributed by atoms with van der Waals surface area (Å²) >= 11 is 0. The van der Waals surface area contributed by atoms with Crippen LogP contribution in [0.15, 0.2) is 48.5 Å². The molecular formula is C25H35N3O5S. The molecular weight excluding hydrogens is 454 g/mol. The summed E-state index contributed by atoms with van der Waals surface area (Å²) in [5.74, 6) is -0.00536. The van der Waals surface area contributed by atoms with E-state index in [1.54, 1.807) is 36.1 Å². The molecule has 0 aliphatic rings. The average molecular weight is 490 g/mol. The van der Waals surface area contributed by atoms with E-state index in [1.807, 2.05) is 38.1 Å². The number of ether oxygens (including phenoxy) is 1. The molecule has 2 aromatic rings. The highest BCUT2D eigenvalue weighted by Gasteiger charge is 2.27. The third kappa shape index (κ3) is 7.48. The normalized spacial score (nSPS) is 12.0. The standard InChI is InChI=1S/C25H35N3O5S/c1-6-26-25(30)20(3)27(18-21-12-9-11-19(2)17-21)24(29)15-10-16-28(34(5,31)32)22-13-7-8-14-23(22)33-4/h7-9,11-14,17,20H,6,10,15-16,18H2,1-5H3,(H,26,30)/t20-/m0/s1. The quantitative estimate of drug-likeness (QED) is 0.494. The van der Waals surface area contributed by atoms with Gasteiger partial charge in [0.05, 0.1) is 19.1 Å². The van der Waals surface area contributed by atoms with Gasteiger partial charge in [-0.25, -0.2) is 8.42 Å². The number of methoxy groups -OCH3 is 1. The lowest BCUT2D eigenvalue weighted by Crippen LogP contribution is -2.47. The van der Waals surface area contributed by atoms with Crippen molar-refractivity contribution in [1.82, 2.24) is 10.2 Å². The Hall–Kier alpha value is -3.07. The molecule has 0 saturated carbocycles. The highest BCUT2D eigenvalue weighted by molar-refractivity contribution is 7.92. The summed E-state index contributed by atoms with van der Waals surface area (Å²) < 4.78 is 31.5. The Balaban J connectivity index is 2.18. The first-order valence-corrected chi connectivity index (χ1v) is 13.2. The number of nitrogens with one attached hydrogen (secondary N) is 1. The SMILES string of the molecule is CCNC(=O)[C@H](C)N(Cc1cccc(C)c1)C(=O)CCCN(c1ccccc1OC)S(C)(=O)=O. The second-order valence-corrected chi connectivity index (χ2v) is 10.1. The van der Waals surface area contributed by atoms with E-state index in [2.05, 4.69) is 5.32 Å². The zero-order valence-corrected chi connectivity index (χ0v) is 21.4. The van der Waals surface area contributed by atoms with E-state index in [9.17, 15) is 18.0 Å². The van der Waals surface area contributed by atoms with Crippen molar-refractivity contribution in [1.29, 1.82) is 0 Å². The van der Waals surface area contributed by atoms with Gasteiger partial charge in [0.2, 0.25) is 21.8 Å². The Morgan fingerprint density at radius 2 is 1.82 bits per heavy atom. The molecule has 0 saturated heterocycles. The van der Waals surface area contributed by atoms with Gasteiger partial charge >= 0.3 is 0 Å². The molecule has 0 unspecified atom stereocenters. The topological polar surface area (TPSA) is 96.0 Å². The number of carbonyl (C=O) groups is 2. The molecule has 0 aliphatic carbocycles. The monoisotopic (exact) mass is 489 g/mol. The maximum Gasteiger partial charge on any atom is 0.242 e. The molecule has 34 heavy (non-hydrogen) atoms. The van der Waals surface area contributed by atoms with Gasteiger partial charge in [-0.1, -0.05) is 42.0 Å². The number of aryl methyl sites for hydroxylation is 1. The Labute approximate surface area is 202 Å². The fourth-order valence-electron chi connectivity index (χ4n) is 3.73. The second kappa shape index (κ2) is 12.4. The number of anilines is 1. The van der Waals surface area contributed by atoms with Crippen LogP contribution in [0.3, 0.4) is 0 Å². The van der Waals surface area contributed by atoms with Gasteiger partial charge in [0.25, 0.3) is 0 Å². The van der Waals surface area contributed by atoms with E-state index in [4.69, 9.17) is 4.74 Å². The molecule has 8 nitrogen and oxygen atoms in total. The van der Waals surface area contributed by atoms with Crippen LogP contribution in [0.1, 0.15) is 37.8 Å². The number of para-hydroxylation sites is 2. The molecule has 186 valence electrons. The van der Waals surface area contributed by atoms with Gasteiger partial charge in [-0.05, 0) is 44.9 Å². The van der Waals surface area contributed by atoms with Crippen molar-refractivity contribution in [2.24, 2.45) is 0 Å². The summed E-state index contributed by atoms with van der Waals surface area (Å²) in [4.78, 5) is 27.3. The van der Waals surface area contributed by atoms with Gasteiger partial charge in [-0.3, -0.25) is 13.9 Å². The van der Waals surface area contributed by atoms with Crippen molar-refractivity contribution < 1.29 is 22.7 Å². The van der Waals surface area contributed by atoms with E-state index >= 15 is 0 Å². The summed E-state index contributed by atoms with van der Waals surface area (Å²) in [6.07, 6.45) is 1.51. The molecule has 2 aromatic carbocycles. The number of amides is 2. The molecule has 0 aromatic heterocycles. The van der Waals surface area contributed by atoms with Gasteiger partial charge in [-0.2, -0.15) is 0 Å². The molecule has 9 heteroatoms. The Morgan fingerprint density at radius 3 is 2.44 bits per heavy atom. The fourth-order valence-corrected chi connectivity index (χ4v) is 4.70. The Bertz CT molecular complexity index is 1090. The maximum atomic E-state index is 13.2. The molecule has 0 radical (unpaired) electrons. The summed E-state index contributed by atoms with van der Waals surface area (Å²) in [6, 6.07) is 14.0. The van der Waals surface area contributed by atoms with Crippen molar-refractivity contribution in [3.63, 3.8) is 0 Å². The van der Waals surface area contributed by atoms with E-state index < -0.39 is 16.1 Å². The van der Waals surface area contributed by atoms with E-state index in [0.29, 0.717) is 24.5 Å². The lowest BCUT2D eigenvalue weighted by molar-refractivity contribution is -0.140. The zero-order valence-electron chi connectivity index (χ0n) is 20.6. The Kier molecular flexibility index (Phi) is 9.92. The summed E-state index contributed by atoms with van der Waals surface area (Å²) in [7, 11) is -2.11. The number of likely N-dealkylation sites (N-methyl/N-ethyl adjacent to an activating group) is 1. The number of carbonyl (C=O) groups excluding carboxylic acids is 2. The highest BCUT2D eigenvalue weighted by Crippen LogP contribution is 2.29. The highest BCUT2D eigenvalue weighted by atomic mass is 32.2. The van der Waals surface area contributed by atoms with E-state index in [1.165, 1.54) is 11.4 Å². The first-order chi connectivity index (χ1) is 16.1. The number of sulfonamides is 1. The fraction of sp³-hybridized carbons (Fsp3) is 0.440. The lowest BCUT2D eigenvalue weighted by Gasteiger charge is -2.29. The van der Waals surface area contributed by atoms with Gasteiger partial charge in [0.15, 0.2) is 0 Å². The number of benzene rings is 2. The van der Waals surface area contributed by atoms with Crippen molar-refractivity contribution in [3.8, 4) is 5.75 Å². The van der Waals surface area contributed by atoms with Crippen LogP contribution in [0.2, 0.25) is 0 Å². The summed E-state index contributed by atoms with van der Waals surface area (Å²) in [5, 5.41) is 2.77. The molecule has 0 spiro atoms. The predicted octanol–water partition coefficient (Wildman–Crippen LogP) is 3.10. The van der Waals surface area contributed by atoms with Crippen molar-refractivity contribution in [3.05, 3.63) is 59.7 Å². The number of hydrogen-bond acceptors (Lipinski definition) is 5. The minimum absolute atomic E-state index is 0.0940. The minimum atomic E-state index is -3.59. The van der Waals surface area contributed by atoms with Crippen LogP contribution in [-0.4, -0.2) is 57.6 Å². The van der Waals surface area contributed by atoms with Crippen LogP contribution < -0.4 is 14.4 Å². The number of hydrogen-bond donors (Lipinski definition) is 1. The average Bonchev–Trinajstić information content (AvgIpc) is 2.79. The molecule has 0 fully saturated rings. The smallest absolute Gasteiger partial charge is 0.242 e. The molecule has 0 aliphatic heterocycles. The van der Waals surface area contributed by atoms with Gasteiger partial charge in [0.1, 0.15) is 11.8 Å². The molecule has 2 amide bonds. The van der Waals surface area contributed by atoms with Crippen LogP contribution in [0, 0.1) is 6.92 Å². The van der Waals surface area contributed by atoms with E-state index in [0.717, 1.165) is 17.4 Å². The van der Waals surface area contributed by atoms with Gasteiger partial charge in [-0.15, -0.1) is 0 Å². The van der Waals surface area contributed by atoms with Crippen LogP contribution in [-0.2, 0) is 26.2 Å². The third-order valence-corrected chi connectivity index (χ3v) is 6.64. The molecule has 1 N–H and O–H groups in total. The summed E-state index contributed by atoms with van der Waals surface area (Å²) in [5.41, 5.74) is 2.42. The van der Waals surface area contributed by atoms with Crippen molar-refractivity contribution in [2.75, 3.05) is 30.8 Å². The predicted molar refractivity (Wildman–Crippen MR) is 134 cm³/mol. The lowest BCUT2D eigenvalue weighted by atomic mass is 10.1. The Morgan fingerprint density at radius 1 is 1.12 bits per heavy atom. The second-order valence-electron chi connectivity index (χ2n) is 8.19. The number of nitrogens with zero attached hydrogens (tertiary/aromatic N) is 2. The minimum Gasteiger partial charge on any atom is -0.495 e. The first-order valence-electron chi connectivity index (χ1n) is 11.3. The van der Waals surface area contributed by atoms with Crippen molar-refractivity contribution >= 4 is 27.5 Å². The maximum absolute atomic E-state index is 13.2. The van der Waals surface area contributed by atoms with Crippen molar-refractivity contribution in [2.45, 2.75) is 46.2 Å². The van der Waals surface area contributed by atoms with Crippen LogP contribution in [0.4, 0.5) is 5.69 Å². The van der Waals surface area contributed by atoms with Gasteiger partial charge < -0.3 is 15.0 Å². The van der Waals surface area contributed by atoms with Gasteiger partial charge in [0, 0.05) is 26.1 Å². The third-order valence-electron chi connectivity index (χ3n) is 5.46. The number of rotatable bonds is 12.